The molecule has 0 spiro atoms. The fourth-order valence-electron chi connectivity index (χ4n) is 4.16. The molecule has 2 aromatic heterocycles. The van der Waals surface area contributed by atoms with Gasteiger partial charge in [0.15, 0.2) is 10.8 Å². The Labute approximate surface area is 140 Å². The summed E-state index contributed by atoms with van der Waals surface area (Å²) in [5, 5.41) is 0.298. The molecule has 23 heavy (non-hydrogen) atoms. The molecule has 0 saturated carbocycles. The van der Waals surface area contributed by atoms with Gasteiger partial charge < -0.3 is 9.80 Å². The number of rotatable bonds is 2. The molecular weight excluding hydrogens is 312 g/mol. The molecule has 2 atom stereocenters. The van der Waals surface area contributed by atoms with Crippen molar-refractivity contribution in [2.24, 2.45) is 0 Å². The third kappa shape index (κ3) is 2.42. The first kappa shape index (κ1) is 15.0. The Morgan fingerprint density at radius 3 is 2.78 bits per heavy atom. The SMILES string of the molecule is CN1CCCC1C1CCCN1C(=O)c1c(Cl)nc2ccccn12. The molecule has 1 amide bonds. The van der Waals surface area contributed by atoms with Crippen LogP contribution >= 0.6 is 11.6 Å². The predicted octanol–water partition coefficient (Wildman–Crippen LogP) is 2.69. The smallest absolute Gasteiger partial charge is 0.274 e. The average Bonchev–Trinajstić information content (AvgIpc) is 3.23. The third-order valence-electron chi connectivity index (χ3n) is 5.27. The predicted molar refractivity (Wildman–Crippen MR) is 89.9 cm³/mol. The summed E-state index contributed by atoms with van der Waals surface area (Å²) in [5.74, 6) is 0.0106. The Balaban J connectivity index is 1.68. The number of pyridine rings is 1. The Hall–Kier alpha value is -1.59. The van der Waals surface area contributed by atoms with Crippen LogP contribution in [0.15, 0.2) is 24.4 Å². The van der Waals surface area contributed by atoms with Crippen LogP contribution in [0.5, 0.6) is 0 Å². The van der Waals surface area contributed by atoms with Gasteiger partial charge in [0.1, 0.15) is 5.65 Å². The van der Waals surface area contributed by atoms with E-state index in [9.17, 15) is 4.79 Å². The highest BCUT2D eigenvalue weighted by molar-refractivity contribution is 6.32. The molecular formula is C17H21ClN4O. The number of carbonyl (C=O) groups excluding carboxylic acids is 1. The van der Waals surface area contributed by atoms with Crippen LogP contribution in [0.3, 0.4) is 0 Å². The van der Waals surface area contributed by atoms with Crippen molar-refractivity contribution < 1.29 is 4.79 Å². The summed E-state index contributed by atoms with van der Waals surface area (Å²) in [4.78, 5) is 21.9. The first-order valence-corrected chi connectivity index (χ1v) is 8.68. The third-order valence-corrected chi connectivity index (χ3v) is 5.53. The Morgan fingerprint density at radius 2 is 2.00 bits per heavy atom. The summed E-state index contributed by atoms with van der Waals surface area (Å²) in [5.41, 5.74) is 1.21. The van der Waals surface area contributed by atoms with Gasteiger partial charge in [0.25, 0.3) is 5.91 Å². The lowest BCUT2D eigenvalue weighted by atomic mass is 10.0. The number of aromatic nitrogens is 2. The van der Waals surface area contributed by atoms with Crippen LogP contribution in [-0.4, -0.2) is 57.3 Å². The van der Waals surface area contributed by atoms with Gasteiger partial charge in [-0.3, -0.25) is 9.20 Å². The Morgan fingerprint density at radius 1 is 1.22 bits per heavy atom. The summed E-state index contributed by atoms with van der Waals surface area (Å²) < 4.78 is 1.80. The maximum atomic E-state index is 13.2. The molecule has 2 aliphatic rings. The molecule has 0 bridgehead atoms. The van der Waals surface area contributed by atoms with Crippen LogP contribution in [0.2, 0.25) is 5.15 Å². The van der Waals surface area contributed by atoms with E-state index in [0.717, 1.165) is 31.6 Å². The van der Waals surface area contributed by atoms with E-state index in [-0.39, 0.29) is 5.91 Å². The lowest BCUT2D eigenvalue weighted by molar-refractivity contribution is 0.0657. The number of fused-ring (bicyclic) bond motifs is 1. The van der Waals surface area contributed by atoms with Crippen LogP contribution < -0.4 is 0 Å². The van der Waals surface area contributed by atoms with Gasteiger partial charge in [0.2, 0.25) is 0 Å². The first-order valence-electron chi connectivity index (χ1n) is 8.30. The van der Waals surface area contributed by atoms with E-state index >= 15 is 0 Å². The number of hydrogen-bond acceptors (Lipinski definition) is 3. The molecule has 2 fully saturated rings. The molecule has 0 N–H and O–H groups in total. The summed E-state index contributed by atoms with van der Waals surface area (Å²) in [6, 6.07) is 6.43. The quantitative estimate of drug-likeness (QED) is 0.849. The average molecular weight is 333 g/mol. The molecule has 2 unspecified atom stereocenters. The molecule has 2 aromatic rings. The maximum Gasteiger partial charge on any atom is 0.274 e. The Bertz CT molecular complexity index is 743. The highest BCUT2D eigenvalue weighted by Gasteiger charge is 2.39. The first-order chi connectivity index (χ1) is 11.2. The van der Waals surface area contributed by atoms with Gasteiger partial charge in [-0.05, 0) is 51.4 Å². The molecule has 6 heteroatoms. The molecule has 0 radical (unpaired) electrons. The number of nitrogens with zero attached hydrogens (tertiary/aromatic N) is 4. The molecule has 2 aliphatic heterocycles. The monoisotopic (exact) mass is 332 g/mol. The number of hydrogen-bond donors (Lipinski definition) is 0. The molecule has 0 aromatic carbocycles. The standard InChI is InChI=1S/C17H21ClN4O/c1-20-9-4-6-12(20)13-7-5-11-21(13)17(23)15-16(18)19-14-8-2-3-10-22(14)15/h2-3,8,10,12-13H,4-7,9,11H2,1H3. The van der Waals surface area contributed by atoms with Crippen LogP contribution in [0.4, 0.5) is 0 Å². The van der Waals surface area contributed by atoms with E-state index in [4.69, 9.17) is 11.6 Å². The number of carbonyl (C=O) groups is 1. The highest BCUT2D eigenvalue weighted by Crippen LogP contribution is 2.31. The van der Waals surface area contributed by atoms with Gasteiger partial charge in [-0.15, -0.1) is 0 Å². The molecule has 4 rings (SSSR count). The van der Waals surface area contributed by atoms with Gasteiger partial charge >= 0.3 is 0 Å². The second kappa shape index (κ2) is 5.80. The maximum absolute atomic E-state index is 13.2. The Kier molecular flexibility index (Phi) is 3.77. The van der Waals surface area contributed by atoms with Gasteiger partial charge in [-0.25, -0.2) is 4.98 Å². The van der Waals surface area contributed by atoms with Crippen molar-refractivity contribution in [3.05, 3.63) is 35.2 Å². The van der Waals surface area contributed by atoms with Crippen molar-refractivity contribution in [3.63, 3.8) is 0 Å². The van der Waals surface area contributed by atoms with Crippen molar-refractivity contribution in [2.45, 2.75) is 37.8 Å². The van der Waals surface area contributed by atoms with Gasteiger partial charge in [-0.2, -0.15) is 0 Å². The minimum absolute atomic E-state index is 0.0106. The van der Waals surface area contributed by atoms with Gasteiger partial charge in [0.05, 0.1) is 0 Å². The van der Waals surface area contributed by atoms with E-state index in [0.29, 0.717) is 22.9 Å². The number of amides is 1. The summed E-state index contributed by atoms with van der Waals surface area (Å²) in [6.07, 6.45) is 6.39. The topological polar surface area (TPSA) is 40.8 Å². The van der Waals surface area contributed by atoms with Crippen LogP contribution in [-0.2, 0) is 0 Å². The van der Waals surface area contributed by atoms with Crippen molar-refractivity contribution in [1.29, 1.82) is 0 Å². The fraction of sp³-hybridized carbons (Fsp3) is 0.529. The van der Waals surface area contributed by atoms with Crippen molar-refractivity contribution in [2.75, 3.05) is 20.1 Å². The lowest BCUT2D eigenvalue weighted by Gasteiger charge is -2.33. The van der Waals surface area contributed by atoms with E-state index in [2.05, 4.69) is 16.9 Å². The fourth-order valence-corrected chi connectivity index (χ4v) is 4.42. The van der Waals surface area contributed by atoms with Crippen molar-refractivity contribution in [3.8, 4) is 0 Å². The zero-order chi connectivity index (χ0) is 16.0. The zero-order valence-corrected chi connectivity index (χ0v) is 14.0. The number of likely N-dealkylation sites (N-methyl/N-ethyl adjacent to an activating group) is 1. The number of likely N-dealkylation sites (tertiary alicyclic amines) is 2. The molecule has 5 nitrogen and oxygen atoms in total. The minimum atomic E-state index is 0.0106. The largest absolute Gasteiger partial charge is 0.333 e. The molecule has 4 heterocycles. The van der Waals surface area contributed by atoms with E-state index in [1.54, 1.807) is 4.40 Å². The van der Waals surface area contributed by atoms with Crippen molar-refractivity contribution in [1.82, 2.24) is 19.2 Å². The zero-order valence-electron chi connectivity index (χ0n) is 13.3. The van der Waals surface area contributed by atoms with Gasteiger partial charge in [0, 0.05) is 24.8 Å². The molecule has 2 saturated heterocycles. The number of halogens is 1. The van der Waals surface area contributed by atoms with Crippen LogP contribution in [0.1, 0.15) is 36.2 Å². The lowest BCUT2D eigenvalue weighted by Crippen LogP contribution is -2.47. The van der Waals surface area contributed by atoms with E-state index in [1.807, 2.05) is 29.3 Å². The van der Waals surface area contributed by atoms with Crippen LogP contribution in [0.25, 0.3) is 5.65 Å². The molecule has 0 aliphatic carbocycles. The van der Waals surface area contributed by atoms with E-state index in [1.165, 1.54) is 12.8 Å². The van der Waals surface area contributed by atoms with Gasteiger partial charge in [-0.1, -0.05) is 17.7 Å². The highest BCUT2D eigenvalue weighted by atomic mass is 35.5. The summed E-state index contributed by atoms with van der Waals surface area (Å²) in [7, 11) is 2.17. The normalized spacial score (nSPS) is 25.6. The second-order valence-corrected chi connectivity index (χ2v) is 6.94. The summed E-state index contributed by atoms with van der Waals surface area (Å²) in [6.45, 7) is 1.93. The minimum Gasteiger partial charge on any atom is -0.333 e. The molecule has 122 valence electrons. The number of imidazole rings is 1. The second-order valence-electron chi connectivity index (χ2n) is 6.58. The van der Waals surface area contributed by atoms with Crippen molar-refractivity contribution >= 4 is 23.2 Å². The summed E-state index contributed by atoms with van der Waals surface area (Å²) >= 11 is 6.29. The van der Waals surface area contributed by atoms with E-state index < -0.39 is 0 Å². The van der Waals surface area contributed by atoms with Crippen LogP contribution in [0, 0.1) is 0 Å².